The van der Waals surface area contributed by atoms with Gasteiger partial charge in [0, 0.05) is 19.2 Å². The molecule has 200 valence electrons. The molecule has 2 N–H and O–H groups in total. The Bertz CT molecular complexity index is 1560. The number of H-pyrrole nitrogens is 1. The van der Waals surface area contributed by atoms with Crippen LogP contribution in [0.3, 0.4) is 0 Å². The number of nitrogens with one attached hydrogen (secondary N) is 2. The quantitative estimate of drug-likeness (QED) is 0.309. The zero-order valence-electron chi connectivity index (χ0n) is 20.4. The Morgan fingerprint density at radius 3 is 2.58 bits per heavy atom. The molecule has 1 amide bonds. The van der Waals surface area contributed by atoms with E-state index in [0.29, 0.717) is 0 Å². The second-order valence-corrected chi connectivity index (χ2v) is 8.08. The highest BCUT2D eigenvalue weighted by Gasteiger charge is 2.22. The number of aromatic nitrogens is 4. The number of aromatic amines is 1. The maximum absolute atomic E-state index is 14.5. The fraction of sp³-hybridized carbons (Fsp3) is 0.250. The predicted molar refractivity (Wildman–Crippen MR) is 133 cm³/mol. The number of alkyl halides is 1. The molecule has 0 bridgehead atoms. The number of benzene rings is 2. The maximum atomic E-state index is 14.5. The summed E-state index contributed by atoms with van der Waals surface area (Å²) in [6.45, 7) is -1.68. The molecule has 0 saturated heterocycles. The van der Waals surface area contributed by atoms with E-state index in [1.54, 1.807) is 6.07 Å². The van der Waals surface area contributed by atoms with Crippen LogP contribution in [0.4, 0.5) is 8.78 Å². The van der Waals surface area contributed by atoms with Gasteiger partial charge in [-0.3, -0.25) is 9.78 Å². The van der Waals surface area contributed by atoms with Crippen LogP contribution in [0.25, 0.3) is 16.9 Å². The number of rotatable bonds is 10. The van der Waals surface area contributed by atoms with Crippen LogP contribution < -0.4 is 30.0 Å². The number of ether oxygens (including phenoxy) is 4. The highest BCUT2D eigenvalue weighted by Crippen LogP contribution is 2.37. The van der Waals surface area contributed by atoms with Crippen molar-refractivity contribution < 1.29 is 32.5 Å². The number of methoxy groups -OCH3 is 2. The zero-order valence-corrected chi connectivity index (χ0v) is 21.2. The number of likely N-dealkylation sites (N-methyl/N-ethyl adjacent to an activating group) is 1. The van der Waals surface area contributed by atoms with Crippen LogP contribution in [-0.4, -0.2) is 53.3 Å². The van der Waals surface area contributed by atoms with E-state index in [1.807, 2.05) is 0 Å². The van der Waals surface area contributed by atoms with E-state index in [-0.39, 0.29) is 69.6 Å². The third kappa shape index (κ3) is 5.18. The number of hydrogen-bond donors (Lipinski definition) is 2. The monoisotopic (exact) mass is 549 g/mol. The zero-order chi connectivity index (χ0) is 27.4. The lowest BCUT2D eigenvalue weighted by Gasteiger charge is -2.17. The van der Waals surface area contributed by atoms with Gasteiger partial charge in [-0.2, -0.15) is 4.98 Å². The number of fused-ring (bicyclic) bond motifs is 1. The summed E-state index contributed by atoms with van der Waals surface area (Å²) in [5, 5.41) is 2.43. The van der Waals surface area contributed by atoms with Gasteiger partial charge in [-0.25, -0.2) is 23.1 Å². The number of carbonyl (C=O) groups is 1. The van der Waals surface area contributed by atoms with Crippen molar-refractivity contribution in [2.75, 3.05) is 27.9 Å². The van der Waals surface area contributed by atoms with E-state index in [0.717, 1.165) is 4.57 Å². The Morgan fingerprint density at radius 1 is 1.13 bits per heavy atom. The van der Waals surface area contributed by atoms with Crippen molar-refractivity contribution in [3.05, 3.63) is 63.0 Å². The first-order valence-electron chi connectivity index (χ1n) is 11.0. The fourth-order valence-electron chi connectivity index (χ4n) is 3.59. The maximum Gasteiger partial charge on any atom is 0.332 e. The summed E-state index contributed by atoms with van der Waals surface area (Å²) in [4.78, 5) is 35.3. The molecule has 4 rings (SSSR count). The molecular weight excluding hydrogens is 528 g/mol. The van der Waals surface area contributed by atoms with Crippen molar-refractivity contribution in [3.8, 4) is 28.8 Å². The van der Waals surface area contributed by atoms with Crippen molar-refractivity contribution in [2.24, 2.45) is 0 Å². The molecule has 0 unspecified atom stereocenters. The van der Waals surface area contributed by atoms with Crippen molar-refractivity contribution >= 4 is 28.7 Å². The number of imidazole rings is 1. The van der Waals surface area contributed by atoms with Gasteiger partial charge in [0.15, 0.2) is 29.6 Å². The molecule has 38 heavy (non-hydrogen) atoms. The number of nitrogens with zero attached hydrogens (tertiary/aromatic N) is 3. The van der Waals surface area contributed by atoms with Crippen LogP contribution in [0.2, 0.25) is 5.02 Å². The lowest BCUT2D eigenvalue weighted by atomic mass is 10.2. The molecule has 0 aliphatic heterocycles. The molecule has 0 fully saturated rings. The normalized spacial score (nSPS) is 10.9. The molecule has 0 atom stereocenters. The summed E-state index contributed by atoms with van der Waals surface area (Å²) in [6.07, 6.45) is 0. The van der Waals surface area contributed by atoms with Gasteiger partial charge in [0.05, 0.1) is 30.5 Å². The first kappa shape index (κ1) is 26.7. The molecule has 0 saturated carbocycles. The highest BCUT2D eigenvalue weighted by atomic mass is 35.5. The summed E-state index contributed by atoms with van der Waals surface area (Å²) >= 11 is 6.51. The molecule has 0 aliphatic rings. The third-order valence-electron chi connectivity index (χ3n) is 5.42. The Morgan fingerprint density at radius 2 is 1.89 bits per heavy atom. The summed E-state index contributed by atoms with van der Waals surface area (Å²) in [6, 6.07) is 6.99. The minimum atomic E-state index is -1.01. The number of amides is 1. The summed E-state index contributed by atoms with van der Waals surface area (Å²) in [5.41, 5.74) is -0.359. The average Bonchev–Trinajstić information content (AvgIpc) is 3.26. The van der Waals surface area contributed by atoms with Crippen LogP contribution in [-0.2, 0) is 18.1 Å². The number of carbonyl (C=O) groups excluding carboxylic acids is 1. The molecule has 4 aromatic rings. The van der Waals surface area contributed by atoms with Gasteiger partial charge in [0.25, 0.3) is 5.91 Å². The molecule has 0 aliphatic carbocycles. The summed E-state index contributed by atoms with van der Waals surface area (Å²) in [5.74, 6) is -0.935. The first-order chi connectivity index (χ1) is 18.3. The van der Waals surface area contributed by atoms with Gasteiger partial charge in [-0.15, -0.1) is 0 Å². The summed E-state index contributed by atoms with van der Waals surface area (Å²) in [7, 11) is 4.14. The Kier molecular flexibility index (Phi) is 7.96. The lowest BCUT2D eigenvalue weighted by molar-refractivity contribution is -0.122. The van der Waals surface area contributed by atoms with Crippen LogP contribution in [0.1, 0.15) is 11.4 Å². The number of halogens is 3. The van der Waals surface area contributed by atoms with Gasteiger partial charge in [0.1, 0.15) is 30.4 Å². The van der Waals surface area contributed by atoms with Crippen LogP contribution in [0.5, 0.6) is 23.1 Å². The highest BCUT2D eigenvalue weighted by molar-refractivity contribution is 6.32. The smallest absolute Gasteiger partial charge is 0.332 e. The van der Waals surface area contributed by atoms with Gasteiger partial charge < -0.3 is 24.3 Å². The van der Waals surface area contributed by atoms with E-state index >= 15 is 0 Å². The number of hydrogen-bond acceptors (Lipinski definition) is 8. The third-order valence-corrected chi connectivity index (χ3v) is 5.72. The van der Waals surface area contributed by atoms with Gasteiger partial charge in [-0.05, 0) is 12.1 Å². The average molecular weight is 550 g/mol. The lowest BCUT2D eigenvalue weighted by Crippen LogP contribution is -2.25. The SMILES string of the molecule is CNC(=O)COc1cc(Cl)c(-n2c(=O)[nH]c3c(OC)nc(CF)nc32)cc1OCc1c(F)cccc1OC. The molecule has 0 spiro atoms. The van der Waals surface area contributed by atoms with Crippen LogP contribution >= 0.6 is 11.6 Å². The van der Waals surface area contributed by atoms with Crippen molar-refractivity contribution in [1.82, 2.24) is 24.8 Å². The Balaban J connectivity index is 1.85. The van der Waals surface area contributed by atoms with E-state index in [2.05, 4.69) is 20.3 Å². The largest absolute Gasteiger partial charge is 0.496 e. The van der Waals surface area contributed by atoms with Gasteiger partial charge >= 0.3 is 5.69 Å². The topological polar surface area (TPSA) is 130 Å². The van der Waals surface area contributed by atoms with Crippen LogP contribution in [0, 0.1) is 5.82 Å². The molecule has 2 aromatic carbocycles. The Hall–Kier alpha value is -4.39. The Labute approximate surface area is 219 Å². The van der Waals surface area contributed by atoms with E-state index < -0.39 is 24.1 Å². The standard InChI is InChI=1S/C24H22ClF2N5O6/c1-28-20(33)11-38-17-7-13(25)15(8-18(17)37-10-12-14(27)5-4-6-16(12)35-2)32-22-21(31-24(32)34)23(36-3)30-19(9-26)29-22/h4-8H,9-11H2,1-3H3,(H,28,33)(H,31,34). The first-order valence-corrected chi connectivity index (χ1v) is 11.4. The van der Waals surface area contributed by atoms with Crippen molar-refractivity contribution in [1.29, 1.82) is 0 Å². The minimum absolute atomic E-state index is 0.00264. The van der Waals surface area contributed by atoms with Crippen molar-refractivity contribution in [3.63, 3.8) is 0 Å². The van der Waals surface area contributed by atoms with Gasteiger partial charge in [0.2, 0.25) is 5.88 Å². The second-order valence-electron chi connectivity index (χ2n) is 7.67. The second kappa shape index (κ2) is 11.3. The molecule has 11 nitrogen and oxygen atoms in total. The fourth-order valence-corrected chi connectivity index (χ4v) is 3.83. The van der Waals surface area contributed by atoms with Gasteiger partial charge in [-0.1, -0.05) is 17.7 Å². The summed E-state index contributed by atoms with van der Waals surface area (Å²) < 4.78 is 50.8. The van der Waals surface area contributed by atoms with Crippen molar-refractivity contribution in [2.45, 2.75) is 13.3 Å². The van der Waals surface area contributed by atoms with E-state index in [9.17, 15) is 18.4 Å². The molecule has 2 heterocycles. The van der Waals surface area contributed by atoms with E-state index in [4.69, 9.17) is 30.5 Å². The molecular formula is C24H22ClF2N5O6. The minimum Gasteiger partial charge on any atom is -0.496 e. The predicted octanol–water partition coefficient (Wildman–Crippen LogP) is 3.09. The molecule has 0 radical (unpaired) electrons. The molecule has 14 heteroatoms. The van der Waals surface area contributed by atoms with Crippen LogP contribution in [0.15, 0.2) is 35.1 Å². The molecule has 2 aromatic heterocycles. The van der Waals surface area contributed by atoms with E-state index in [1.165, 1.54) is 45.5 Å².